The van der Waals surface area contributed by atoms with E-state index >= 15 is 0 Å². The molecule has 66 valence electrons. The molecule has 0 bridgehead atoms. The smallest absolute Gasteiger partial charge is 0.141 e. The molecule has 2 heterocycles. The summed E-state index contributed by atoms with van der Waals surface area (Å²) in [7, 11) is 2.11. The molecule has 0 fully saturated rings. The Balaban J connectivity index is 2.54. The Morgan fingerprint density at radius 3 is 2.83 bits per heavy atom. The molecule has 1 aromatic rings. The van der Waals surface area contributed by atoms with E-state index < -0.39 is 0 Å². The number of nitrogens with zero attached hydrogens (tertiary/aromatic N) is 3. The third-order valence-electron chi connectivity index (χ3n) is 2.25. The number of hydrogen-bond acceptors (Lipinski definition) is 2. The predicted molar refractivity (Wildman–Crippen MR) is 52.6 cm³/mol. The molecule has 0 aromatic carbocycles. The molecular weight excluding hydrogens is 218 g/mol. The van der Waals surface area contributed by atoms with Crippen molar-refractivity contribution in [3.05, 3.63) is 10.2 Å². The fourth-order valence-corrected chi connectivity index (χ4v) is 2.22. The highest BCUT2D eigenvalue weighted by molar-refractivity contribution is 9.10. The molecule has 1 aliphatic rings. The van der Waals surface area contributed by atoms with Gasteiger partial charge in [-0.25, -0.2) is 4.68 Å². The molecule has 0 unspecified atom stereocenters. The van der Waals surface area contributed by atoms with Crippen LogP contribution in [0.25, 0.3) is 0 Å². The fraction of sp³-hybridized carbons (Fsp3) is 0.625. The summed E-state index contributed by atoms with van der Waals surface area (Å²) in [4.78, 5) is 2.24. The molecule has 0 spiro atoms. The summed E-state index contributed by atoms with van der Waals surface area (Å²) in [5, 5.41) is 4.43. The quantitative estimate of drug-likeness (QED) is 0.677. The first kappa shape index (κ1) is 8.10. The zero-order valence-electron chi connectivity index (χ0n) is 7.34. The molecular formula is C8H12BrN3. The van der Waals surface area contributed by atoms with Gasteiger partial charge in [-0.05, 0) is 29.3 Å². The Kier molecular flexibility index (Phi) is 1.87. The Morgan fingerprint density at radius 2 is 2.17 bits per heavy atom. The van der Waals surface area contributed by atoms with E-state index in [4.69, 9.17) is 0 Å². The summed E-state index contributed by atoms with van der Waals surface area (Å²) >= 11 is 3.55. The summed E-state index contributed by atoms with van der Waals surface area (Å²) in [6, 6.07) is 0. The van der Waals surface area contributed by atoms with Crippen molar-refractivity contribution in [1.82, 2.24) is 9.78 Å². The summed E-state index contributed by atoms with van der Waals surface area (Å²) in [6.45, 7) is 4.21. The van der Waals surface area contributed by atoms with Crippen LogP contribution < -0.4 is 4.90 Å². The highest BCUT2D eigenvalue weighted by Crippen LogP contribution is 2.30. The first-order valence-electron chi connectivity index (χ1n) is 4.14. The highest BCUT2D eigenvalue weighted by Gasteiger charge is 2.19. The van der Waals surface area contributed by atoms with Gasteiger partial charge < -0.3 is 4.90 Å². The van der Waals surface area contributed by atoms with Gasteiger partial charge in [0.05, 0.1) is 10.2 Å². The standard InChI is InChI=1S/C8H12BrN3/c1-6-7(9)8-11(2)4-3-5-12(8)10-6/h3-5H2,1-2H3. The molecule has 0 saturated carbocycles. The van der Waals surface area contributed by atoms with Crippen LogP contribution in [0.5, 0.6) is 0 Å². The average Bonchev–Trinajstić information content (AvgIpc) is 2.29. The molecule has 0 radical (unpaired) electrons. The van der Waals surface area contributed by atoms with Gasteiger partial charge in [0.1, 0.15) is 5.82 Å². The number of aryl methyl sites for hydroxylation is 2. The van der Waals surface area contributed by atoms with E-state index in [0.29, 0.717) is 0 Å². The Hall–Kier alpha value is -0.510. The first-order chi connectivity index (χ1) is 5.70. The van der Waals surface area contributed by atoms with Crippen LogP contribution in [0.1, 0.15) is 12.1 Å². The molecule has 0 atom stereocenters. The minimum atomic E-state index is 1.05. The maximum Gasteiger partial charge on any atom is 0.141 e. The summed E-state index contributed by atoms with van der Waals surface area (Å²) in [5.41, 5.74) is 1.08. The van der Waals surface area contributed by atoms with Crippen molar-refractivity contribution < 1.29 is 0 Å². The summed E-state index contributed by atoms with van der Waals surface area (Å²) < 4.78 is 3.22. The second-order valence-corrected chi connectivity index (χ2v) is 4.01. The maximum atomic E-state index is 4.43. The van der Waals surface area contributed by atoms with Crippen molar-refractivity contribution in [1.29, 1.82) is 0 Å². The van der Waals surface area contributed by atoms with Gasteiger partial charge >= 0.3 is 0 Å². The van der Waals surface area contributed by atoms with Gasteiger partial charge in [-0.1, -0.05) is 0 Å². The third-order valence-corrected chi connectivity index (χ3v) is 3.18. The molecule has 1 aliphatic heterocycles. The van der Waals surface area contributed by atoms with E-state index in [0.717, 1.165) is 23.3 Å². The number of hydrogen-bond donors (Lipinski definition) is 0. The van der Waals surface area contributed by atoms with Crippen molar-refractivity contribution in [3.8, 4) is 0 Å². The monoisotopic (exact) mass is 229 g/mol. The van der Waals surface area contributed by atoms with Crippen LogP contribution in [-0.2, 0) is 6.54 Å². The van der Waals surface area contributed by atoms with Gasteiger partial charge in [0, 0.05) is 20.1 Å². The number of fused-ring (bicyclic) bond motifs is 1. The number of anilines is 1. The molecule has 0 saturated heterocycles. The predicted octanol–water partition coefficient (Wildman–Crippen LogP) is 1.79. The lowest BCUT2D eigenvalue weighted by molar-refractivity contribution is 0.530. The molecule has 4 heteroatoms. The van der Waals surface area contributed by atoms with Gasteiger partial charge in [-0.15, -0.1) is 0 Å². The van der Waals surface area contributed by atoms with Crippen molar-refractivity contribution >= 4 is 21.7 Å². The fourth-order valence-electron chi connectivity index (χ4n) is 1.63. The topological polar surface area (TPSA) is 21.1 Å². The highest BCUT2D eigenvalue weighted by atomic mass is 79.9. The molecule has 0 amide bonds. The lowest BCUT2D eigenvalue weighted by Crippen LogP contribution is -2.28. The van der Waals surface area contributed by atoms with Crippen LogP contribution >= 0.6 is 15.9 Å². The largest absolute Gasteiger partial charge is 0.359 e. The molecule has 12 heavy (non-hydrogen) atoms. The van der Waals surface area contributed by atoms with Crippen LogP contribution in [-0.4, -0.2) is 23.4 Å². The lowest BCUT2D eigenvalue weighted by Gasteiger charge is -2.25. The van der Waals surface area contributed by atoms with Crippen molar-refractivity contribution in [2.24, 2.45) is 0 Å². The van der Waals surface area contributed by atoms with E-state index in [9.17, 15) is 0 Å². The number of rotatable bonds is 0. The minimum absolute atomic E-state index is 1.05. The third kappa shape index (κ3) is 1.05. The van der Waals surface area contributed by atoms with Gasteiger partial charge in [0.2, 0.25) is 0 Å². The average molecular weight is 230 g/mol. The van der Waals surface area contributed by atoms with Gasteiger partial charge in [-0.3, -0.25) is 0 Å². The van der Waals surface area contributed by atoms with Crippen LogP contribution in [0.2, 0.25) is 0 Å². The van der Waals surface area contributed by atoms with E-state index in [2.05, 4.69) is 37.7 Å². The molecule has 1 aromatic heterocycles. The molecule has 2 rings (SSSR count). The van der Waals surface area contributed by atoms with Crippen LogP contribution in [0, 0.1) is 6.92 Å². The summed E-state index contributed by atoms with van der Waals surface area (Å²) in [5.74, 6) is 1.22. The minimum Gasteiger partial charge on any atom is -0.359 e. The van der Waals surface area contributed by atoms with Crippen LogP contribution in [0.15, 0.2) is 4.47 Å². The van der Waals surface area contributed by atoms with Crippen LogP contribution in [0.4, 0.5) is 5.82 Å². The van der Waals surface area contributed by atoms with E-state index in [1.807, 2.05) is 6.92 Å². The Morgan fingerprint density at radius 1 is 1.42 bits per heavy atom. The number of aromatic nitrogens is 2. The van der Waals surface area contributed by atoms with E-state index in [1.165, 1.54) is 12.2 Å². The SMILES string of the molecule is Cc1nn2c(c1Br)N(C)CCC2. The van der Waals surface area contributed by atoms with Gasteiger partial charge in [0.25, 0.3) is 0 Å². The van der Waals surface area contributed by atoms with E-state index in [-0.39, 0.29) is 0 Å². The van der Waals surface area contributed by atoms with Crippen molar-refractivity contribution in [2.75, 3.05) is 18.5 Å². The Bertz CT molecular complexity index is 305. The second-order valence-electron chi connectivity index (χ2n) is 3.22. The maximum absolute atomic E-state index is 4.43. The van der Waals surface area contributed by atoms with E-state index in [1.54, 1.807) is 0 Å². The number of halogens is 1. The van der Waals surface area contributed by atoms with Crippen molar-refractivity contribution in [2.45, 2.75) is 19.9 Å². The first-order valence-corrected chi connectivity index (χ1v) is 4.93. The van der Waals surface area contributed by atoms with Gasteiger partial charge in [0.15, 0.2) is 0 Å². The molecule has 0 aliphatic carbocycles. The lowest BCUT2D eigenvalue weighted by atomic mass is 10.3. The summed E-state index contributed by atoms with van der Waals surface area (Å²) in [6.07, 6.45) is 1.19. The second kappa shape index (κ2) is 2.76. The van der Waals surface area contributed by atoms with Crippen LogP contribution in [0.3, 0.4) is 0 Å². The zero-order chi connectivity index (χ0) is 8.72. The van der Waals surface area contributed by atoms with Gasteiger partial charge in [-0.2, -0.15) is 5.10 Å². The Labute approximate surface area is 80.5 Å². The van der Waals surface area contributed by atoms with Crippen molar-refractivity contribution in [3.63, 3.8) is 0 Å². The molecule has 3 nitrogen and oxygen atoms in total. The molecule has 0 N–H and O–H groups in total. The normalized spacial score (nSPS) is 16.4. The zero-order valence-corrected chi connectivity index (χ0v) is 8.93.